The number of Topliss-reactive ketones (excluding diaryl/α,β-unsaturated/α-hetero) is 1. The number of hydrogen-bond acceptors (Lipinski definition) is 4. The lowest BCUT2D eigenvalue weighted by atomic mass is 9.92. The molecule has 0 radical (unpaired) electrons. The summed E-state index contributed by atoms with van der Waals surface area (Å²) in [6, 6.07) is 8.53. The van der Waals surface area contributed by atoms with Crippen molar-refractivity contribution in [3.8, 4) is 0 Å². The van der Waals surface area contributed by atoms with E-state index in [1.165, 1.54) is 15.9 Å². The minimum atomic E-state index is 0.169. The molecule has 5 heteroatoms. The molecular weight excluding hydrogens is 252 g/mol. The largest absolute Gasteiger partial charge is 0.299 e. The van der Waals surface area contributed by atoms with E-state index in [9.17, 15) is 4.79 Å². The summed E-state index contributed by atoms with van der Waals surface area (Å²) in [5.74, 6) is 1.94. The van der Waals surface area contributed by atoms with Gasteiger partial charge in [0.05, 0.1) is 13.5 Å². The van der Waals surface area contributed by atoms with Gasteiger partial charge < -0.3 is 0 Å². The van der Waals surface area contributed by atoms with Gasteiger partial charge >= 0.3 is 0 Å². The number of carbonyl (C=O) groups excluding carboxylic acids is 1. The first kappa shape index (κ1) is 11.8. The summed E-state index contributed by atoms with van der Waals surface area (Å²) in [4.78, 5) is 13.8. The van der Waals surface area contributed by atoms with Crippen molar-refractivity contribution in [2.75, 3.05) is 0 Å². The Bertz CT molecular complexity index is 678. The first-order chi connectivity index (χ1) is 9.74. The molecule has 20 heavy (non-hydrogen) atoms. The minimum Gasteiger partial charge on any atom is -0.299 e. The van der Waals surface area contributed by atoms with E-state index < -0.39 is 0 Å². The Morgan fingerprint density at radius 1 is 1.40 bits per heavy atom. The standard InChI is InChI=1S/C15H16N4O/c1-19-17-13(16-18-19)8-12(20)15-11-7-6-9-4-2-3-5-10(9)14(11)15/h2-5,11,14-15H,6-8H2,1H3. The van der Waals surface area contributed by atoms with Crippen LogP contribution in [0, 0.1) is 11.8 Å². The summed E-state index contributed by atoms with van der Waals surface area (Å²) >= 11 is 0. The van der Waals surface area contributed by atoms with E-state index in [1.54, 1.807) is 7.05 Å². The Labute approximate surface area is 117 Å². The fraction of sp³-hybridized carbons (Fsp3) is 0.467. The van der Waals surface area contributed by atoms with Crippen molar-refractivity contribution in [2.24, 2.45) is 18.9 Å². The second-order valence-electron chi connectivity index (χ2n) is 5.79. The van der Waals surface area contributed by atoms with E-state index in [1.807, 2.05) is 0 Å². The Balaban J connectivity index is 1.53. The Hall–Kier alpha value is -2.04. The highest BCUT2D eigenvalue weighted by Crippen LogP contribution is 2.60. The molecule has 0 bridgehead atoms. The molecular formula is C15H16N4O. The van der Waals surface area contributed by atoms with Gasteiger partial charge in [0.25, 0.3) is 0 Å². The van der Waals surface area contributed by atoms with E-state index in [0.717, 1.165) is 12.8 Å². The number of tetrazole rings is 1. The minimum absolute atomic E-state index is 0.169. The SMILES string of the molecule is Cn1nnc(CC(=O)C2C3CCc4ccccc4C32)n1. The van der Waals surface area contributed by atoms with Crippen LogP contribution in [0.5, 0.6) is 0 Å². The molecule has 1 aromatic carbocycles. The molecule has 3 atom stereocenters. The van der Waals surface area contributed by atoms with Crippen molar-refractivity contribution in [3.63, 3.8) is 0 Å². The highest BCUT2D eigenvalue weighted by Gasteiger charge is 2.56. The maximum absolute atomic E-state index is 12.4. The summed E-state index contributed by atoms with van der Waals surface area (Å²) < 4.78 is 0. The third-order valence-electron chi connectivity index (χ3n) is 4.58. The number of aromatic nitrogens is 4. The summed E-state index contributed by atoms with van der Waals surface area (Å²) in [5.41, 5.74) is 2.80. The number of carbonyl (C=O) groups is 1. The molecule has 0 saturated heterocycles. The van der Waals surface area contributed by atoms with E-state index >= 15 is 0 Å². The zero-order valence-electron chi connectivity index (χ0n) is 11.4. The van der Waals surface area contributed by atoms with Crippen LogP contribution in [0.4, 0.5) is 0 Å². The maximum atomic E-state index is 12.4. The van der Waals surface area contributed by atoms with Crippen molar-refractivity contribution in [1.29, 1.82) is 0 Å². The first-order valence-corrected chi connectivity index (χ1v) is 7.07. The molecule has 0 spiro atoms. The van der Waals surface area contributed by atoms with Gasteiger partial charge in [0.2, 0.25) is 0 Å². The van der Waals surface area contributed by atoms with Gasteiger partial charge in [-0.15, -0.1) is 10.2 Å². The van der Waals surface area contributed by atoms with Gasteiger partial charge in [-0.1, -0.05) is 24.3 Å². The van der Waals surface area contributed by atoms with Gasteiger partial charge in [-0.25, -0.2) is 0 Å². The normalized spacial score (nSPS) is 26.8. The molecule has 2 aromatic rings. The number of fused-ring (bicyclic) bond motifs is 3. The van der Waals surface area contributed by atoms with E-state index in [2.05, 4.69) is 39.7 Å². The maximum Gasteiger partial charge on any atom is 0.182 e. The van der Waals surface area contributed by atoms with Gasteiger partial charge in [0, 0.05) is 5.92 Å². The molecule has 3 unspecified atom stereocenters. The van der Waals surface area contributed by atoms with Gasteiger partial charge in [-0.2, -0.15) is 4.80 Å². The van der Waals surface area contributed by atoms with Crippen LogP contribution < -0.4 is 0 Å². The summed E-state index contributed by atoms with van der Waals surface area (Å²) in [5, 5.41) is 11.8. The van der Waals surface area contributed by atoms with Crippen LogP contribution in [0.25, 0.3) is 0 Å². The zero-order chi connectivity index (χ0) is 13.7. The quantitative estimate of drug-likeness (QED) is 0.841. The number of aryl methyl sites for hydroxylation is 2. The molecule has 1 heterocycles. The van der Waals surface area contributed by atoms with Crippen molar-refractivity contribution in [2.45, 2.75) is 25.2 Å². The Morgan fingerprint density at radius 3 is 3.05 bits per heavy atom. The predicted octanol–water partition coefficient (Wildman–Crippen LogP) is 1.30. The average molecular weight is 268 g/mol. The number of rotatable bonds is 3. The first-order valence-electron chi connectivity index (χ1n) is 7.07. The second kappa shape index (κ2) is 4.23. The van der Waals surface area contributed by atoms with Crippen molar-refractivity contribution >= 4 is 5.78 Å². The molecule has 1 saturated carbocycles. The van der Waals surface area contributed by atoms with Crippen LogP contribution in [-0.4, -0.2) is 26.0 Å². The fourth-order valence-corrected chi connectivity index (χ4v) is 3.67. The Morgan fingerprint density at radius 2 is 2.25 bits per heavy atom. The zero-order valence-corrected chi connectivity index (χ0v) is 11.4. The average Bonchev–Trinajstić information content (AvgIpc) is 3.08. The second-order valence-corrected chi connectivity index (χ2v) is 5.79. The van der Waals surface area contributed by atoms with Gasteiger partial charge in [-0.3, -0.25) is 4.79 Å². The van der Waals surface area contributed by atoms with Gasteiger partial charge in [0.1, 0.15) is 5.78 Å². The lowest BCUT2D eigenvalue weighted by Crippen LogP contribution is -2.09. The number of nitrogens with zero attached hydrogens (tertiary/aromatic N) is 4. The third-order valence-corrected chi connectivity index (χ3v) is 4.58. The predicted molar refractivity (Wildman–Crippen MR) is 72.0 cm³/mol. The van der Waals surface area contributed by atoms with Gasteiger partial charge in [0.15, 0.2) is 5.82 Å². The van der Waals surface area contributed by atoms with Gasteiger partial charge in [-0.05, 0) is 41.0 Å². The van der Waals surface area contributed by atoms with E-state index in [4.69, 9.17) is 0 Å². The van der Waals surface area contributed by atoms with Crippen molar-refractivity contribution in [1.82, 2.24) is 20.2 Å². The molecule has 1 aromatic heterocycles. The fourth-order valence-electron chi connectivity index (χ4n) is 3.67. The van der Waals surface area contributed by atoms with Crippen molar-refractivity contribution < 1.29 is 4.79 Å². The molecule has 0 N–H and O–H groups in total. The highest BCUT2D eigenvalue weighted by molar-refractivity contribution is 5.87. The van der Waals surface area contributed by atoms with Crippen LogP contribution in [-0.2, 0) is 24.7 Å². The number of hydrogen-bond donors (Lipinski definition) is 0. The van der Waals surface area contributed by atoms with E-state index in [0.29, 0.717) is 24.1 Å². The third kappa shape index (κ3) is 1.77. The smallest absolute Gasteiger partial charge is 0.182 e. The summed E-state index contributed by atoms with van der Waals surface area (Å²) in [6.45, 7) is 0. The molecule has 102 valence electrons. The number of ketones is 1. The monoisotopic (exact) mass is 268 g/mol. The van der Waals surface area contributed by atoms with Crippen LogP contribution in [0.3, 0.4) is 0 Å². The molecule has 2 aliphatic carbocycles. The molecule has 5 nitrogen and oxygen atoms in total. The molecule has 0 amide bonds. The molecule has 4 rings (SSSR count). The van der Waals surface area contributed by atoms with Crippen LogP contribution >= 0.6 is 0 Å². The lowest BCUT2D eigenvalue weighted by Gasteiger charge is -2.13. The van der Waals surface area contributed by atoms with Crippen LogP contribution in [0.2, 0.25) is 0 Å². The summed E-state index contributed by atoms with van der Waals surface area (Å²) in [6.07, 6.45) is 2.55. The molecule has 0 aliphatic heterocycles. The van der Waals surface area contributed by atoms with Crippen LogP contribution in [0.15, 0.2) is 24.3 Å². The highest BCUT2D eigenvalue weighted by atomic mass is 16.1. The summed E-state index contributed by atoms with van der Waals surface area (Å²) in [7, 11) is 1.72. The van der Waals surface area contributed by atoms with Crippen LogP contribution in [0.1, 0.15) is 29.3 Å². The molecule has 2 aliphatic rings. The topological polar surface area (TPSA) is 60.7 Å². The lowest BCUT2D eigenvalue weighted by molar-refractivity contribution is -0.120. The van der Waals surface area contributed by atoms with E-state index in [-0.39, 0.29) is 11.7 Å². The Kier molecular flexibility index (Phi) is 2.49. The molecule has 1 fully saturated rings. The van der Waals surface area contributed by atoms with Crippen molar-refractivity contribution in [3.05, 3.63) is 41.2 Å². The number of benzene rings is 1.